The molecule has 7 heteroatoms. The number of halogens is 1. The van der Waals surface area contributed by atoms with Gasteiger partial charge in [-0.15, -0.1) is 0 Å². The van der Waals surface area contributed by atoms with Gasteiger partial charge in [-0.3, -0.25) is 0 Å². The van der Waals surface area contributed by atoms with Crippen molar-refractivity contribution < 1.29 is 9.53 Å². The summed E-state index contributed by atoms with van der Waals surface area (Å²) in [4.78, 5) is 24.4. The minimum Gasteiger partial charge on any atom is -0.444 e. The quantitative estimate of drug-likeness (QED) is 0.854. The lowest BCUT2D eigenvalue weighted by Crippen LogP contribution is -2.44. The molecule has 0 bridgehead atoms. The fourth-order valence-corrected chi connectivity index (χ4v) is 2.58. The first-order chi connectivity index (χ1) is 10.3. The molecule has 0 N–H and O–H groups in total. The molecule has 1 amide bonds. The molecule has 2 heterocycles. The van der Waals surface area contributed by atoms with Gasteiger partial charge >= 0.3 is 6.09 Å². The van der Waals surface area contributed by atoms with Crippen LogP contribution >= 0.6 is 11.6 Å². The molecule has 0 spiro atoms. The summed E-state index contributed by atoms with van der Waals surface area (Å²) in [6, 6.07) is 0.110. The highest BCUT2D eigenvalue weighted by atomic mass is 35.5. The first kappa shape index (κ1) is 16.8. The lowest BCUT2D eigenvalue weighted by atomic mass is 10.2. The molecule has 1 saturated heterocycles. The predicted octanol–water partition coefficient (Wildman–Crippen LogP) is 2.97. The molecule has 0 aliphatic carbocycles. The molecule has 1 aromatic heterocycles. The Morgan fingerprint density at radius 1 is 1.45 bits per heavy atom. The van der Waals surface area contributed by atoms with E-state index < -0.39 is 5.60 Å². The number of carbonyl (C=O) groups is 1. The van der Waals surface area contributed by atoms with Crippen LogP contribution in [0.5, 0.6) is 0 Å². The van der Waals surface area contributed by atoms with Crippen LogP contribution in [0, 0.1) is 0 Å². The van der Waals surface area contributed by atoms with E-state index in [2.05, 4.69) is 9.97 Å². The number of ether oxygens (including phenoxy) is 1. The van der Waals surface area contributed by atoms with Crippen molar-refractivity contribution in [2.45, 2.75) is 45.3 Å². The number of aromatic nitrogens is 2. The van der Waals surface area contributed by atoms with Gasteiger partial charge in [0.25, 0.3) is 0 Å². The van der Waals surface area contributed by atoms with Crippen LogP contribution in [0.1, 0.15) is 33.6 Å². The number of anilines is 1. The fourth-order valence-electron chi connectivity index (χ4n) is 2.49. The third-order valence-electron chi connectivity index (χ3n) is 3.44. The van der Waals surface area contributed by atoms with Crippen molar-refractivity contribution in [3.05, 3.63) is 17.4 Å². The van der Waals surface area contributed by atoms with Crippen molar-refractivity contribution in [3.63, 3.8) is 0 Å². The zero-order valence-corrected chi connectivity index (χ0v) is 14.3. The molecule has 0 radical (unpaired) electrons. The molecule has 122 valence electrons. The summed E-state index contributed by atoms with van der Waals surface area (Å²) >= 11 is 5.80. The van der Waals surface area contributed by atoms with Crippen LogP contribution in [0.4, 0.5) is 10.7 Å². The molecule has 1 atom stereocenters. The summed E-state index contributed by atoms with van der Waals surface area (Å²) < 4.78 is 5.47. The predicted molar refractivity (Wildman–Crippen MR) is 86.3 cm³/mol. The molecule has 1 fully saturated rings. The maximum atomic E-state index is 12.3. The van der Waals surface area contributed by atoms with Crippen molar-refractivity contribution in [1.82, 2.24) is 14.9 Å². The van der Waals surface area contributed by atoms with Crippen LogP contribution in [-0.2, 0) is 4.74 Å². The summed E-state index contributed by atoms with van der Waals surface area (Å²) in [7, 11) is 1.91. The molecule has 0 aromatic carbocycles. The van der Waals surface area contributed by atoms with Crippen LogP contribution in [-0.4, -0.2) is 52.7 Å². The summed E-state index contributed by atoms with van der Waals surface area (Å²) in [6.07, 6.45) is 4.83. The second-order valence-electron chi connectivity index (χ2n) is 6.55. The average molecular weight is 327 g/mol. The number of nitrogens with zero attached hydrogens (tertiary/aromatic N) is 4. The van der Waals surface area contributed by atoms with E-state index in [0.717, 1.165) is 19.4 Å². The highest BCUT2D eigenvalue weighted by Gasteiger charge is 2.33. The fraction of sp³-hybridized carbons (Fsp3) is 0.667. The average Bonchev–Trinajstić information content (AvgIpc) is 2.85. The summed E-state index contributed by atoms with van der Waals surface area (Å²) in [5, 5.41) is 0.508. The number of hydrogen-bond acceptors (Lipinski definition) is 5. The van der Waals surface area contributed by atoms with E-state index in [1.807, 2.05) is 32.7 Å². The van der Waals surface area contributed by atoms with E-state index in [1.165, 1.54) is 0 Å². The molecule has 1 aliphatic heterocycles. The van der Waals surface area contributed by atoms with Gasteiger partial charge in [-0.1, -0.05) is 11.6 Å². The SMILES string of the molecule is CN(C[C@@H]1CCCN1C(=O)OC(C)(C)C)c1ncc(Cl)cn1. The van der Waals surface area contributed by atoms with Gasteiger partial charge in [0.2, 0.25) is 5.95 Å². The maximum Gasteiger partial charge on any atom is 0.410 e. The second kappa shape index (κ2) is 6.69. The highest BCUT2D eigenvalue weighted by Crippen LogP contribution is 2.22. The van der Waals surface area contributed by atoms with Gasteiger partial charge in [0.05, 0.1) is 23.5 Å². The number of likely N-dealkylation sites (tertiary alicyclic amines) is 1. The maximum absolute atomic E-state index is 12.3. The molecule has 1 aromatic rings. The van der Waals surface area contributed by atoms with Crippen molar-refractivity contribution >= 4 is 23.6 Å². The number of hydrogen-bond donors (Lipinski definition) is 0. The van der Waals surface area contributed by atoms with Gasteiger partial charge in [0.15, 0.2) is 0 Å². The topological polar surface area (TPSA) is 58.6 Å². The summed E-state index contributed by atoms with van der Waals surface area (Å²) in [5.74, 6) is 0.598. The Hall–Kier alpha value is -1.56. The van der Waals surface area contributed by atoms with Gasteiger partial charge in [0.1, 0.15) is 5.60 Å². The first-order valence-corrected chi connectivity index (χ1v) is 7.82. The Morgan fingerprint density at radius 3 is 2.68 bits per heavy atom. The van der Waals surface area contributed by atoms with Crippen LogP contribution in [0.25, 0.3) is 0 Å². The minimum atomic E-state index is -0.477. The van der Waals surface area contributed by atoms with Gasteiger partial charge in [-0.2, -0.15) is 0 Å². The standard InChI is InChI=1S/C15H23ClN4O2/c1-15(2,3)22-14(21)20-7-5-6-12(20)10-19(4)13-17-8-11(16)9-18-13/h8-9,12H,5-7,10H2,1-4H3/t12-/m0/s1. The van der Waals surface area contributed by atoms with Crippen LogP contribution in [0.3, 0.4) is 0 Å². The van der Waals surface area contributed by atoms with Crippen molar-refractivity contribution in [2.75, 3.05) is 25.0 Å². The Balaban J connectivity index is 1.98. The smallest absolute Gasteiger partial charge is 0.410 e. The van der Waals surface area contributed by atoms with E-state index in [-0.39, 0.29) is 12.1 Å². The lowest BCUT2D eigenvalue weighted by Gasteiger charge is -2.30. The monoisotopic (exact) mass is 326 g/mol. The second-order valence-corrected chi connectivity index (χ2v) is 6.99. The molecular formula is C15H23ClN4O2. The molecular weight excluding hydrogens is 304 g/mol. The number of rotatable bonds is 3. The van der Waals surface area contributed by atoms with E-state index in [9.17, 15) is 4.79 Å². The Labute approximate surface area is 136 Å². The normalized spacial score (nSPS) is 18.4. The summed E-state index contributed by atoms with van der Waals surface area (Å²) in [5.41, 5.74) is -0.477. The Morgan fingerprint density at radius 2 is 2.09 bits per heavy atom. The molecule has 6 nitrogen and oxygen atoms in total. The number of amides is 1. The zero-order chi connectivity index (χ0) is 16.3. The van der Waals surface area contributed by atoms with Gasteiger partial charge in [-0.25, -0.2) is 14.8 Å². The van der Waals surface area contributed by atoms with Crippen LogP contribution < -0.4 is 4.90 Å². The number of likely N-dealkylation sites (N-methyl/N-ethyl adjacent to an activating group) is 1. The highest BCUT2D eigenvalue weighted by molar-refractivity contribution is 6.30. The third-order valence-corrected chi connectivity index (χ3v) is 3.63. The van der Waals surface area contributed by atoms with Gasteiger partial charge in [-0.05, 0) is 33.6 Å². The largest absolute Gasteiger partial charge is 0.444 e. The van der Waals surface area contributed by atoms with Gasteiger partial charge in [0, 0.05) is 20.1 Å². The molecule has 22 heavy (non-hydrogen) atoms. The zero-order valence-electron chi connectivity index (χ0n) is 13.5. The Bertz CT molecular complexity index is 515. The van der Waals surface area contributed by atoms with Crippen LogP contribution in [0.15, 0.2) is 12.4 Å². The Kier molecular flexibility index (Phi) is 5.11. The third kappa shape index (κ3) is 4.47. The molecule has 0 unspecified atom stereocenters. The van der Waals surface area contributed by atoms with Crippen molar-refractivity contribution in [2.24, 2.45) is 0 Å². The first-order valence-electron chi connectivity index (χ1n) is 7.44. The van der Waals surface area contributed by atoms with Gasteiger partial charge < -0.3 is 14.5 Å². The molecule has 1 aliphatic rings. The van der Waals surface area contributed by atoms with Crippen LogP contribution in [0.2, 0.25) is 5.02 Å². The lowest BCUT2D eigenvalue weighted by molar-refractivity contribution is 0.0231. The van der Waals surface area contributed by atoms with E-state index in [1.54, 1.807) is 17.3 Å². The number of carbonyl (C=O) groups excluding carboxylic acids is 1. The van der Waals surface area contributed by atoms with E-state index >= 15 is 0 Å². The van der Waals surface area contributed by atoms with E-state index in [4.69, 9.17) is 16.3 Å². The molecule has 0 saturated carbocycles. The minimum absolute atomic E-state index is 0.110. The summed E-state index contributed by atoms with van der Waals surface area (Å²) in [6.45, 7) is 7.03. The van der Waals surface area contributed by atoms with Crippen molar-refractivity contribution in [3.8, 4) is 0 Å². The molecule has 2 rings (SSSR count). The van der Waals surface area contributed by atoms with Crippen molar-refractivity contribution in [1.29, 1.82) is 0 Å². The van der Waals surface area contributed by atoms with E-state index in [0.29, 0.717) is 17.5 Å².